The maximum absolute atomic E-state index is 12.1. The van der Waals surface area contributed by atoms with Crippen molar-refractivity contribution in [1.82, 2.24) is 0 Å². The number of benzene rings is 2. The second-order valence-electron chi connectivity index (χ2n) is 3.82. The molecule has 0 amide bonds. The van der Waals surface area contributed by atoms with Crippen molar-refractivity contribution in [3.05, 3.63) is 68.1 Å². The van der Waals surface area contributed by atoms with Crippen LogP contribution in [0.15, 0.2) is 46.9 Å². The van der Waals surface area contributed by atoms with E-state index in [1.54, 1.807) is 24.3 Å². The van der Waals surface area contributed by atoms with Crippen LogP contribution in [0.4, 0.5) is 0 Å². The van der Waals surface area contributed by atoms with Crippen LogP contribution in [0, 0.1) is 0 Å². The molecule has 2 rings (SSSR count). The summed E-state index contributed by atoms with van der Waals surface area (Å²) in [7, 11) is 0. The third-order valence-electron chi connectivity index (χ3n) is 2.54. The second kappa shape index (κ2) is 5.87. The van der Waals surface area contributed by atoms with Crippen molar-refractivity contribution in [1.29, 1.82) is 0 Å². The number of rotatable bonds is 3. The third kappa shape index (κ3) is 3.14. The van der Waals surface area contributed by atoms with E-state index in [0.29, 0.717) is 15.6 Å². The smallest absolute Gasteiger partial charge is 0.168 e. The predicted octanol–water partition coefficient (Wildman–Crippen LogP) is 5.18. The lowest BCUT2D eigenvalue weighted by Crippen LogP contribution is -2.04. The summed E-state index contributed by atoms with van der Waals surface area (Å²) in [5.41, 5.74) is 1.32. The molecule has 0 fully saturated rings. The molecule has 2 aromatic rings. The van der Waals surface area contributed by atoms with Gasteiger partial charge in [0.1, 0.15) is 0 Å². The molecule has 0 N–H and O–H groups in total. The molecule has 0 saturated carbocycles. The molecule has 0 aliphatic heterocycles. The lowest BCUT2D eigenvalue weighted by Gasteiger charge is -2.05. The molecule has 0 aromatic heterocycles. The Morgan fingerprint density at radius 3 is 2.44 bits per heavy atom. The first-order chi connectivity index (χ1) is 8.58. The van der Waals surface area contributed by atoms with Crippen LogP contribution >= 0.6 is 39.1 Å². The number of ketones is 1. The molecule has 0 unspecified atom stereocenters. The Balaban J connectivity index is 2.25. The molecule has 0 radical (unpaired) electrons. The van der Waals surface area contributed by atoms with Crippen LogP contribution < -0.4 is 0 Å². The van der Waals surface area contributed by atoms with Gasteiger partial charge >= 0.3 is 0 Å². The van der Waals surface area contributed by atoms with Crippen molar-refractivity contribution in [2.75, 3.05) is 0 Å². The Hall–Kier alpha value is -0.830. The first-order valence-corrected chi connectivity index (χ1v) is 6.84. The van der Waals surface area contributed by atoms with Crippen LogP contribution in [0.1, 0.15) is 15.9 Å². The van der Waals surface area contributed by atoms with Crippen LogP contribution in [0.2, 0.25) is 10.0 Å². The summed E-state index contributed by atoms with van der Waals surface area (Å²) >= 11 is 15.4. The normalized spacial score (nSPS) is 10.4. The van der Waals surface area contributed by atoms with Gasteiger partial charge in [-0.05, 0) is 29.8 Å². The molecule has 4 heteroatoms. The van der Waals surface area contributed by atoms with E-state index in [1.807, 2.05) is 18.2 Å². The number of carbonyl (C=O) groups excluding carboxylic acids is 1. The summed E-state index contributed by atoms with van der Waals surface area (Å²) < 4.78 is 0.849. The minimum atomic E-state index is -0.0411. The quantitative estimate of drug-likeness (QED) is 0.701. The van der Waals surface area contributed by atoms with E-state index in [1.165, 1.54) is 0 Å². The fourth-order valence-corrected chi connectivity index (χ4v) is 2.61. The number of hydrogen-bond donors (Lipinski definition) is 0. The van der Waals surface area contributed by atoms with E-state index in [4.69, 9.17) is 23.2 Å². The van der Waals surface area contributed by atoms with E-state index >= 15 is 0 Å². The SMILES string of the molecule is O=C(Cc1ccccc1Cl)c1ccc(Br)cc1Cl. The molecule has 1 nitrogen and oxygen atoms in total. The molecule has 0 aliphatic carbocycles. The Bertz CT molecular complexity index is 596. The second-order valence-corrected chi connectivity index (χ2v) is 5.55. The lowest BCUT2D eigenvalue weighted by atomic mass is 10.0. The molecule has 0 saturated heterocycles. The molecule has 0 spiro atoms. The van der Waals surface area contributed by atoms with Gasteiger partial charge in [0.15, 0.2) is 5.78 Å². The average molecular weight is 344 g/mol. The highest BCUT2D eigenvalue weighted by Crippen LogP contribution is 2.24. The fourth-order valence-electron chi connectivity index (χ4n) is 1.63. The molecule has 0 bridgehead atoms. The van der Waals surface area contributed by atoms with Crippen LogP contribution in [0.5, 0.6) is 0 Å². The van der Waals surface area contributed by atoms with Crippen molar-refractivity contribution in [2.45, 2.75) is 6.42 Å². The van der Waals surface area contributed by atoms with Crippen LogP contribution in [0.3, 0.4) is 0 Å². The molecular formula is C14H9BrCl2O. The Labute approximate surface area is 124 Å². The van der Waals surface area contributed by atoms with E-state index in [0.717, 1.165) is 10.0 Å². The van der Waals surface area contributed by atoms with Gasteiger partial charge in [0, 0.05) is 21.5 Å². The van der Waals surface area contributed by atoms with Crippen molar-refractivity contribution in [2.24, 2.45) is 0 Å². The number of Topliss-reactive ketones (excluding diaryl/α,β-unsaturated/α-hetero) is 1. The van der Waals surface area contributed by atoms with Gasteiger partial charge in [-0.1, -0.05) is 57.3 Å². The van der Waals surface area contributed by atoms with Crippen molar-refractivity contribution in [3.63, 3.8) is 0 Å². The number of carbonyl (C=O) groups is 1. The highest BCUT2D eigenvalue weighted by atomic mass is 79.9. The molecule has 0 heterocycles. The van der Waals surface area contributed by atoms with Crippen LogP contribution in [-0.4, -0.2) is 5.78 Å². The zero-order valence-corrected chi connectivity index (χ0v) is 12.4. The lowest BCUT2D eigenvalue weighted by molar-refractivity contribution is 0.0993. The van der Waals surface area contributed by atoms with Crippen LogP contribution in [0.25, 0.3) is 0 Å². The highest BCUT2D eigenvalue weighted by molar-refractivity contribution is 9.10. The zero-order chi connectivity index (χ0) is 13.1. The van der Waals surface area contributed by atoms with Gasteiger partial charge in [-0.3, -0.25) is 4.79 Å². The van der Waals surface area contributed by atoms with Crippen molar-refractivity contribution in [3.8, 4) is 0 Å². The van der Waals surface area contributed by atoms with E-state index in [9.17, 15) is 4.79 Å². The third-order valence-corrected chi connectivity index (χ3v) is 3.72. The first kappa shape index (κ1) is 13.6. The average Bonchev–Trinajstić information content (AvgIpc) is 2.32. The van der Waals surface area contributed by atoms with Gasteiger partial charge in [-0.25, -0.2) is 0 Å². The maximum Gasteiger partial charge on any atom is 0.168 e. The van der Waals surface area contributed by atoms with Crippen LogP contribution in [-0.2, 0) is 6.42 Å². The highest BCUT2D eigenvalue weighted by Gasteiger charge is 2.12. The monoisotopic (exact) mass is 342 g/mol. The minimum absolute atomic E-state index is 0.0411. The first-order valence-electron chi connectivity index (χ1n) is 5.29. The van der Waals surface area contributed by atoms with Gasteiger partial charge < -0.3 is 0 Å². The van der Waals surface area contributed by atoms with Gasteiger partial charge in [0.25, 0.3) is 0 Å². The summed E-state index contributed by atoms with van der Waals surface area (Å²) in [5.74, 6) is -0.0411. The topological polar surface area (TPSA) is 17.1 Å². The van der Waals surface area contributed by atoms with E-state index in [2.05, 4.69) is 15.9 Å². The van der Waals surface area contributed by atoms with Crippen molar-refractivity contribution >= 4 is 44.9 Å². The zero-order valence-electron chi connectivity index (χ0n) is 9.29. The van der Waals surface area contributed by atoms with E-state index in [-0.39, 0.29) is 12.2 Å². The molecule has 92 valence electrons. The predicted molar refractivity (Wildman–Crippen MR) is 78.6 cm³/mol. The van der Waals surface area contributed by atoms with Crippen molar-refractivity contribution < 1.29 is 4.79 Å². The van der Waals surface area contributed by atoms with E-state index < -0.39 is 0 Å². The Morgan fingerprint density at radius 2 is 1.78 bits per heavy atom. The van der Waals surface area contributed by atoms with Gasteiger partial charge in [-0.15, -0.1) is 0 Å². The number of halogens is 3. The molecule has 0 aliphatic rings. The summed E-state index contributed by atoms with van der Waals surface area (Å²) in [5, 5.41) is 1.04. The maximum atomic E-state index is 12.1. The van der Waals surface area contributed by atoms with Gasteiger partial charge in [0.05, 0.1) is 5.02 Å². The molecule has 0 atom stereocenters. The van der Waals surface area contributed by atoms with Gasteiger partial charge in [-0.2, -0.15) is 0 Å². The van der Waals surface area contributed by atoms with Gasteiger partial charge in [0.2, 0.25) is 0 Å². The summed E-state index contributed by atoms with van der Waals surface area (Å²) in [4.78, 5) is 12.1. The molecule has 2 aromatic carbocycles. The standard InChI is InChI=1S/C14H9BrCl2O/c15-10-5-6-11(13(17)8-10)14(18)7-9-3-1-2-4-12(9)16/h1-6,8H,7H2. The summed E-state index contributed by atoms with van der Waals surface area (Å²) in [6.45, 7) is 0. The summed E-state index contributed by atoms with van der Waals surface area (Å²) in [6.07, 6.45) is 0.251. The summed E-state index contributed by atoms with van der Waals surface area (Å²) in [6, 6.07) is 12.5. The largest absolute Gasteiger partial charge is 0.294 e. The minimum Gasteiger partial charge on any atom is -0.294 e. The number of hydrogen-bond acceptors (Lipinski definition) is 1. The Kier molecular flexibility index (Phi) is 4.44. The Morgan fingerprint density at radius 1 is 1.06 bits per heavy atom. The molecular weight excluding hydrogens is 335 g/mol. The fraction of sp³-hybridized carbons (Fsp3) is 0.0714. The molecule has 18 heavy (non-hydrogen) atoms.